The average Bonchev–Trinajstić information content (AvgIpc) is 3.72. The molecule has 0 radical (unpaired) electrons. The highest BCUT2D eigenvalue weighted by Gasteiger charge is 2.53. The topological polar surface area (TPSA) is 243 Å². The molecule has 0 saturated carbocycles. The summed E-state index contributed by atoms with van der Waals surface area (Å²) in [5.41, 5.74) is 4.04. The van der Waals surface area contributed by atoms with Crippen molar-refractivity contribution in [3.05, 3.63) is 39.7 Å². The van der Waals surface area contributed by atoms with Gasteiger partial charge in [-0.15, -0.1) is 0 Å². The third-order valence-electron chi connectivity index (χ3n) is 7.15. The zero-order chi connectivity index (χ0) is 30.9. The number of nitrogen functional groups attached to an aromatic ring is 1. The van der Waals surface area contributed by atoms with E-state index in [0.29, 0.717) is 0 Å². The molecule has 3 fully saturated rings. The minimum absolute atomic E-state index is 0.0118. The number of nitrogens with zero attached hydrogens (tertiary/aromatic N) is 6. The molecule has 3 saturated heterocycles. The van der Waals surface area contributed by atoms with Gasteiger partial charge in [0.2, 0.25) is 5.95 Å². The highest BCUT2D eigenvalue weighted by molar-refractivity contribution is 8.44. The number of anilines is 1. The second-order valence-electron chi connectivity index (χ2n) is 9.83. The molecule has 44 heavy (non-hydrogen) atoms. The Hall–Kier alpha value is -3.07. The average molecular weight is 679 g/mol. The molecule has 10 atom stereocenters. The Bertz CT molecular complexity index is 1940. The minimum atomic E-state index is -4.48. The van der Waals surface area contributed by atoms with Crippen LogP contribution in [0, 0.1) is 0 Å². The number of alkyl halides is 2. The van der Waals surface area contributed by atoms with Gasteiger partial charge in [-0.3, -0.25) is 37.3 Å². The van der Waals surface area contributed by atoms with Crippen LogP contribution in [0.2, 0.25) is 0 Å². The van der Waals surface area contributed by atoms with E-state index in [0.717, 1.165) is 28.1 Å². The van der Waals surface area contributed by atoms with Gasteiger partial charge in [0.05, 0.1) is 32.2 Å². The van der Waals surface area contributed by atoms with Crippen molar-refractivity contribution >= 4 is 55.6 Å². The lowest BCUT2D eigenvalue weighted by Crippen LogP contribution is -2.33. The van der Waals surface area contributed by atoms with E-state index in [9.17, 15) is 18.7 Å². The number of thiol groups is 1. The molecule has 4 aromatic heterocycles. The van der Waals surface area contributed by atoms with Gasteiger partial charge < -0.3 is 29.2 Å². The second kappa shape index (κ2) is 11.1. The molecule has 0 amide bonds. The van der Waals surface area contributed by atoms with Crippen molar-refractivity contribution in [1.29, 1.82) is 0 Å². The summed E-state index contributed by atoms with van der Waals surface area (Å²) in [6, 6.07) is 0. The molecule has 0 spiro atoms. The van der Waals surface area contributed by atoms with Crippen molar-refractivity contribution in [2.24, 2.45) is 0 Å². The maximum atomic E-state index is 15.8. The molecule has 2 bridgehead atoms. The zero-order valence-electron chi connectivity index (χ0n) is 21.8. The lowest BCUT2D eigenvalue weighted by atomic mass is 10.1. The van der Waals surface area contributed by atoms with Crippen LogP contribution in [0.25, 0.3) is 22.3 Å². The molecular formula is C20H21F2N9O10P2S. The van der Waals surface area contributed by atoms with E-state index in [4.69, 9.17) is 33.3 Å². The highest BCUT2D eigenvalue weighted by atomic mass is 32.7. The SMILES string of the molecule is Nc1nc2c(ncn2[C@@H]2O[C@@H]3CO[PH](=O)O[C@H]4[C@H](F)[C@H](n5cnc6c(=O)[nH]cnc65)O[C@@H]4COP(=O)(S)O[C@@H]2[C@@H]3F)c(=O)[nH]1. The molecular weight excluding hydrogens is 658 g/mol. The van der Waals surface area contributed by atoms with Crippen LogP contribution in [0.15, 0.2) is 28.6 Å². The van der Waals surface area contributed by atoms with E-state index in [2.05, 4.69) is 42.2 Å². The summed E-state index contributed by atoms with van der Waals surface area (Å²) in [6.07, 6.45) is -9.91. The molecule has 4 N–H and O–H groups in total. The number of ether oxygens (including phenoxy) is 2. The van der Waals surface area contributed by atoms with Crippen LogP contribution in [-0.4, -0.2) is 89.0 Å². The number of fused-ring (bicyclic) bond motifs is 5. The third-order valence-corrected chi connectivity index (χ3v) is 9.63. The Balaban J connectivity index is 1.19. The molecule has 4 aromatic rings. The first-order valence-electron chi connectivity index (χ1n) is 12.7. The fourth-order valence-corrected chi connectivity index (χ4v) is 7.51. The number of imidazole rings is 2. The van der Waals surface area contributed by atoms with Crippen LogP contribution in [0.1, 0.15) is 12.5 Å². The van der Waals surface area contributed by atoms with Gasteiger partial charge in [0.15, 0.2) is 47.1 Å². The summed E-state index contributed by atoms with van der Waals surface area (Å²) in [4.78, 5) is 44.9. The Morgan fingerprint density at radius 1 is 0.977 bits per heavy atom. The quantitative estimate of drug-likeness (QED) is 0.167. The number of hydrogen-bond acceptors (Lipinski definition) is 15. The number of rotatable bonds is 2. The van der Waals surface area contributed by atoms with Crippen molar-refractivity contribution in [2.75, 3.05) is 18.9 Å². The first kappa shape index (κ1) is 29.6. The Morgan fingerprint density at radius 3 is 2.45 bits per heavy atom. The molecule has 19 nitrogen and oxygen atoms in total. The Kier molecular flexibility index (Phi) is 7.46. The van der Waals surface area contributed by atoms with Crippen molar-refractivity contribution in [3.8, 4) is 0 Å². The molecule has 7 rings (SSSR count). The number of aromatic nitrogens is 8. The van der Waals surface area contributed by atoms with Gasteiger partial charge in [-0.25, -0.2) is 28.3 Å². The normalized spacial score (nSPS) is 36.6. The van der Waals surface area contributed by atoms with Gasteiger partial charge in [-0.1, -0.05) is 12.2 Å². The van der Waals surface area contributed by atoms with Crippen molar-refractivity contribution in [3.63, 3.8) is 0 Å². The Morgan fingerprint density at radius 2 is 1.68 bits per heavy atom. The summed E-state index contributed by atoms with van der Waals surface area (Å²) < 4.78 is 93.0. The van der Waals surface area contributed by atoms with Gasteiger partial charge >= 0.3 is 15.1 Å². The van der Waals surface area contributed by atoms with Crippen LogP contribution < -0.4 is 16.9 Å². The first-order chi connectivity index (χ1) is 21.0. The number of aromatic amines is 2. The number of nitrogens with one attached hydrogen (secondary N) is 2. The highest BCUT2D eigenvalue weighted by Crippen LogP contribution is 2.58. The number of hydrogen-bond donors (Lipinski definition) is 4. The lowest BCUT2D eigenvalue weighted by molar-refractivity contribution is -0.0559. The second-order valence-corrected chi connectivity index (χ2v) is 13.7. The van der Waals surface area contributed by atoms with E-state index in [1.807, 2.05) is 0 Å². The van der Waals surface area contributed by atoms with Crippen molar-refractivity contribution in [1.82, 2.24) is 39.0 Å². The van der Waals surface area contributed by atoms with Crippen LogP contribution >= 0.6 is 27.3 Å². The molecule has 2 unspecified atom stereocenters. The van der Waals surface area contributed by atoms with E-state index in [1.165, 1.54) is 0 Å². The van der Waals surface area contributed by atoms with Crippen LogP contribution in [-0.2, 0) is 36.7 Å². The van der Waals surface area contributed by atoms with Crippen molar-refractivity contribution < 1.29 is 45.5 Å². The fourth-order valence-electron chi connectivity index (χ4n) is 5.18. The molecule has 24 heteroatoms. The summed E-state index contributed by atoms with van der Waals surface area (Å²) >= 11 is 3.97. The van der Waals surface area contributed by atoms with Gasteiger partial charge in [0.1, 0.15) is 24.4 Å². The monoisotopic (exact) mass is 679 g/mol. The predicted molar refractivity (Wildman–Crippen MR) is 146 cm³/mol. The van der Waals surface area contributed by atoms with Gasteiger partial charge in [-0.05, 0) is 0 Å². The Labute approximate surface area is 248 Å². The summed E-state index contributed by atoms with van der Waals surface area (Å²) in [5.74, 6) is -0.264. The van der Waals surface area contributed by atoms with Gasteiger partial charge in [0.25, 0.3) is 11.1 Å². The smallest absolute Gasteiger partial charge is 0.369 e. The van der Waals surface area contributed by atoms with Crippen LogP contribution in [0.5, 0.6) is 0 Å². The lowest BCUT2D eigenvalue weighted by Gasteiger charge is -2.25. The van der Waals surface area contributed by atoms with Crippen molar-refractivity contribution in [2.45, 2.75) is 49.2 Å². The van der Waals surface area contributed by atoms with Crippen LogP contribution in [0.3, 0.4) is 0 Å². The van der Waals surface area contributed by atoms with E-state index >= 15 is 8.78 Å². The van der Waals surface area contributed by atoms with E-state index in [1.54, 1.807) is 0 Å². The zero-order valence-corrected chi connectivity index (χ0v) is 24.5. The predicted octanol–water partition coefficient (Wildman–Crippen LogP) is 0.551. The fraction of sp³-hybridized carbons (Fsp3) is 0.500. The molecule has 0 aliphatic carbocycles. The first-order valence-corrected chi connectivity index (χ1v) is 16.6. The standard InChI is InChI=1S/C20H21F2N9O10P2S/c21-8-6-1-36-42(34)40-12-7(39-18(9(12)22)30-4-26-10-14(30)24-3-25-16(10)32)2-37-43(35,44)41-13(8)19(38-6)31-5-27-11-15(31)28-20(23)29-17(11)33/h3-9,12-13,18-19,42H,1-2H2,(H,35,44)(H,24,25,32)(H3,23,28,29,33)/t6-,7-,8-,9+,12-,13-,18-,19-,43?/m1/s1. The van der Waals surface area contributed by atoms with E-state index in [-0.39, 0.29) is 28.3 Å². The summed E-state index contributed by atoms with van der Waals surface area (Å²) in [7, 11) is -3.54. The number of H-pyrrole nitrogens is 2. The molecule has 3 aliphatic rings. The molecule has 236 valence electrons. The van der Waals surface area contributed by atoms with Gasteiger partial charge in [0, 0.05) is 0 Å². The summed E-state index contributed by atoms with van der Waals surface area (Å²) in [5, 5.41) is 0. The maximum absolute atomic E-state index is 15.8. The number of halogens is 2. The minimum Gasteiger partial charge on any atom is -0.369 e. The van der Waals surface area contributed by atoms with Crippen LogP contribution in [0.4, 0.5) is 14.7 Å². The third kappa shape index (κ3) is 5.09. The molecule has 7 heterocycles. The maximum Gasteiger partial charge on any atom is 0.386 e. The largest absolute Gasteiger partial charge is 0.386 e. The summed E-state index contributed by atoms with van der Waals surface area (Å²) in [6.45, 7) is -5.85. The molecule has 0 aromatic carbocycles. The van der Waals surface area contributed by atoms with E-state index < -0.39 is 88.6 Å². The molecule has 3 aliphatic heterocycles. The van der Waals surface area contributed by atoms with Gasteiger partial charge in [-0.2, -0.15) is 4.98 Å². The number of nitrogens with two attached hydrogens (primary N) is 1.